The number of aliphatic hydroxyl groups excluding tert-OH is 1. The second kappa shape index (κ2) is 6.47. The number of hydrogen-bond acceptors (Lipinski definition) is 5. The third-order valence-electron chi connectivity index (χ3n) is 3.32. The average Bonchev–Trinajstić information content (AvgIpc) is 2.97. The minimum absolute atomic E-state index is 0.0460. The summed E-state index contributed by atoms with van der Waals surface area (Å²) < 4.78 is 1.62. The molecule has 2 rings (SSSR count). The van der Waals surface area contributed by atoms with Crippen molar-refractivity contribution >= 4 is 11.8 Å². The Hall–Kier alpha value is -1.96. The minimum atomic E-state index is -0.982. The smallest absolute Gasteiger partial charge is 0.251 e. The van der Waals surface area contributed by atoms with Gasteiger partial charge in [-0.15, -0.1) is 0 Å². The molecule has 1 saturated heterocycles. The zero-order valence-electron chi connectivity index (χ0n) is 11.5. The Morgan fingerprint density at radius 3 is 2.45 bits per heavy atom. The Bertz CT molecular complexity index is 452. The third kappa shape index (κ3) is 3.53. The van der Waals surface area contributed by atoms with Gasteiger partial charge in [0.2, 0.25) is 5.91 Å². The van der Waals surface area contributed by atoms with Gasteiger partial charge in [0.15, 0.2) is 0 Å². The van der Waals surface area contributed by atoms with Crippen LogP contribution < -0.4 is 0 Å². The molecule has 110 valence electrons. The van der Waals surface area contributed by atoms with Crippen LogP contribution in [0.2, 0.25) is 0 Å². The molecule has 2 amide bonds. The lowest BCUT2D eigenvalue weighted by Crippen LogP contribution is -2.52. The summed E-state index contributed by atoms with van der Waals surface area (Å²) in [6.45, 7) is 3.92. The Morgan fingerprint density at radius 1 is 1.25 bits per heavy atom. The fourth-order valence-electron chi connectivity index (χ4n) is 2.16. The number of rotatable bonds is 4. The van der Waals surface area contributed by atoms with Crippen LogP contribution in [0.4, 0.5) is 0 Å². The number of piperazine rings is 1. The first-order valence-corrected chi connectivity index (χ1v) is 6.65. The van der Waals surface area contributed by atoms with Crippen molar-refractivity contribution in [3.63, 3.8) is 0 Å². The van der Waals surface area contributed by atoms with E-state index >= 15 is 0 Å². The lowest BCUT2D eigenvalue weighted by Gasteiger charge is -2.35. The van der Waals surface area contributed by atoms with E-state index in [9.17, 15) is 14.7 Å². The van der Waals surface area contributed by atoms with Crippen molar-refractivity contribution in [1.82, 2.24) is 24.6 Å². The van der Waals surface area contributed by atoms with Crippen LogP contribution in [0.15, 0.2) is 12.7 Å². The molecule has 0 radical (unpaired) electrons. The normalized spacial score (nSPS) is 17.1. The molecule has 2 heterocycles. The minimum Gasteiger partial charge on any atom is -0.384 e. The van der Waals surface area contributed by atoms with Gasteiger partial charge in [0.25, 0.3) is 5.91 Å². The van der Waals surface area contributed by atoms with Crippen molar-refractivity contribution in [1.29, 1.82) is 0 Å². The number of hydrogen-bond donors (Lipinski definition) is 1. The van der Waals surface area contributed by atoms with E-state index in [1.165, 1.54) is 13.3 Å². The number of nitrogens with zero attached hydrogens (tertiary/aromatic N) is 5. The van der Waals surface area contributed by atoms with Gasteiger partial charge in [-0.3, -0.25) is 14.3 Å². The third-order valence-corrected chi connectivity index (χ3v) is 3.32. The van der Waals surface area contributed by atoms with E-state index < -0.39 is 6.10 Å². The van der Waals surface area contributed by atoms with E-state index in [1.54, 1.807) is 20.8 Å². The van der Waals surface area contributed by atoms with Crippen LogP contribution in [0, 0.1) is 0 Å². The van der Waals surface area contributed by atoms with E-state index in [-0.39, 0.29) is 11.8 Å². The molecule has 1 N–H and O–H groups in total. The predicted octanol–water partition coefficient (Wildman–Crippen LogP) is -1.28. The molecule has 8 heteroatoms. The first kappa shape index (κ1) is 14.4. The van der Waals surface area contributed by atoms with Gasteiger partial charge in [-0.1, -0.05) is 0 Å². The molecule has 0 aliphatic carbocycles. The fourth-order valence-corrected chi connectivity index (χ4v) is 2.16. The maximum absolute atomic E-state index is 12.0. The summed E-state index contributed by atoms with van der Waals surface area (Å²) >= 11 is 0. The highest BCUT2D eigenvalue weighted by molar-refractivity contribution is 5.81. The molecular weight excluding hydrogens is 262 g/mol. The van der Waals surface area contributed by atoms with Crippen LogP contribution in [-0.2, 0) is 16.1 Å². The van der Waals surface area contributed by atoms with Gasteiger partial charge in [0.05, 0.1) is 6.54 Å². The largest absolute Gasteiger partial charge is 0.384 e. The maximum atomic E-state index is 12.0. The molecule has 0 bridgehead atoms. The van der Waals surface area contributed by atoms with E-state index in [1.807, 2.05) is 0 Å². The first-order chi connectivity index (χ1) is 9.58. The molecule has 1 aromatic rings. The number of aliphatic hydroxyl groups is 1. The molecule has 1 aliphatic heterocycles. The Balaban J connectivity index is 1.75. The average molecular weight is 281 g/mol. The molecule has 0 saturated carbocycles. The van der Waals surface area contributed by atoms with Crippen LogP contribution in [-0.4, -0.2) is 73.8 Å². The maximum Gasteiger partial charge on any atom is 0.251 e. The molecule has 1 atom stereocenters. The Morgan fingerprint density at radius 2 is 1.90 bits per heavy atom. The SMILES string of the molecule is CC(O)C(=O)N1CCN(C(=O)CCn2cncn2)CC1. The molecule has 1 aliphatic rings. The summed E-state index contributed by atoms with van der Waals surface area (Å²) in [7, 11) is 0. The van der Waals surface area contributed by atoms with Crippen molar-refractivity contribution in [2.45, 2.75) is 26.0 Å². The van der Waals surface area contributed by atoms with E-state index in [0.29, 0.717) is 39.1 Å². The number of carbonyl (C=O) groups is 2. The topological polar surface area (TPSA) is 91.6 Å². The number of aromatic nitrogens is 3. The summed E-state index contributed by atoms with van der Waals surface area (Å²) in [4.78, 5) is 30.8. The molecule has 0 aromatic carbocycles. The molecule has 0 spiro atoms. The van der Waals surface area contributed by atoms with Crippen LogP contribution in [0.25, 0.3) is 0 Å². The molecule has 1 aromatic heterocycles. The highest BCUT2D eigenvalue weighted by Gasteiger charge is 2.25. The number of amides is 2. The highest BCUT2D eigenvalue weighted by atomic mass is 16.3. The summed E-state index contributed by atoms with van der Waals surface area (Å²) in [5, 5.41) is 13.2. The van der Waals surface area contributed by atoms with Gasteiger partial charge >= 0.3 is 0 Å². The first-order valence-electron chi connectivity index (χ1n) is 6.65. The number of aryl methyl sites for hydroxylation is 1. The molecule has 20 heavy (non-hydrogen) atoms. The standard InChI is InChI=1S/C12H19N5O3/c1-10(18)12(20)16-6-4-15(5-7-16)11(19)2-3-17-9-13-8-14-17/h8-10,18H,2-7H2,1H3. The van der Waals surface area contributed by atoms with Crippen LogP contribution >= 0.6 is 0 Å². The molecule has 1 unspecified atom stereocenters. The van der Waals surface area contributed by atoms with Crippen molar-refractivity contribution in [2.75, 3.05) is 26.2 Å². The summed E-state index contributed by atoms with van der Waals surface area (Å²) in [5.74, 6) is -0.232. The highest BCUT2D eigenvalue weighted by Crippen LogP contribution is 2.06. The molecule has 1 fully saturated rings. The van der Waals surface area contributed by atoms with Gasteiger partial charge in [-0.2, -0.15) is 5.10 Å². The zero-order valence-corrected chi connectivity index (χ0v) is 11.5. The Kier molecular flexibility index (Phi) is 4.67. The molecular formula is C12H19N5O3. The fraction of sp³-hybridized carbons (Fsp3) is 0.667. The van der Waals surface area contributed by atoms with E-state index in [2.05, 4.69) is 10.1 Å². The second-order valence-electron chi connectivity index (χ2n) is 4.79. The summed E-state index contributed by atoms with van der Waals surface area (Å²) in [5.41, 5.74) is 0. The van der Waals surface area contributed by atoms with Crippen molar-refractivity contribution in [3.8, 4) is 0 Å². The summed E-state index contributed by atoms with van der Waals surface area (Å²) in [6.07, 6.45) is 2.40. The zero-order chi connectivity index (χ0) is 14.5. The van der Waals surface area contributed by atoms with Crippen LogP contribution in [0.3, 0.4) is 0 Å². The predicted molar refractivity (Wildman–Crippen MR) is 69.5 cm³/mol. The monoisotopic (exact) mass is 281 g/mol. The van der Waals surface area contributed by atoms with Gasteiger partial charge in [0, 0.05) is 32.6 Å². The van der Waals surface area contributed by atoms with Gasteiger partial charge in [-0.05, 0) is 6.92 Å². The molecule has 8 nitrogen and oxygen atoms in total. The number of carbonyl (C=O) groups excluding carboxylic acids is 2. The lowest BCUT2D eigenvalue weighted by atomic mass is 10.2. The summed E-state index contributed by atoms with van der Waals surface area (Å²) in [6, 6.07) is 0. The second-order valence-corrected chi connectivity index (χ2v) is 4.79. The van der Waals surface area contributed by atoms with Crippen molar-refractivity contribution in [2.24, 2.45) is 0 Å². The van der Waals surface area contributed by atoms with Gasteiger partial charge in [-0.25, -0.2) is 4.98 Å². The van der Waals surface area contributed by atoms with E-state index in [4.69, 9.17) is 0 Å². The van der Waals surface area contributed by atoms with Crippen molar-refractivity contribution < 1.29 is 14.7 Å². The van der Waals surface area contributed by atoms with Gasteiger partial charge in [0.1, 0.15) is 18.8 Å². The lowest BCUT2D eigenvalue weighted by molar-refractivity contribution is -0.144. The Labute approximate surface area is 117 Å². The van der Waals surface area contributed by atoms with E-state index in [0.717, 1.165) is 0 Å². The van der Waals surface area contributed by atoms with Crippen LogP contribution in [0.5, 0.6) is 0 Å². The van der Waals surface area contributed by atoms with Crippen molar-refractivity contribution in [3.05, 3.63) is 12.7 Å². The van der Waals surface area contributed by atoms with Gasteiger partial charge < -0.3 is 14.9 Å². The quantitative estimate of drug-likeness (QED) is 0.742. The van der Waals surface area contributed by atoms with Crippen LogP contribution in [0.1, 0.15) is 13.3 Å².